The number of imidazole rings is 1. The van der Waals surface area contributed by atoms with E-state index in [0.29, 0.717) is 11.5 Å². The fourth-order valence-electron chi connectivity index (χ4n) is 4.08. The van der Waals surface area contributed by atoms with Gasteiger partial charge in [-0.05, 0) is 49.9 Å². The van der Waals surface area contributed by atoms with Gasteiger partial charge in [0.1, 0.15) is 0 Å². The highest BCUT2D eigenvalue weighted by atomic mass is 16.5. The van der Waals surface area contributed by atoms with E-state index in [1.54, 1.807) is 0 Å². The number of likely N-dealkylation sites (tertiary alicyclic amines) is 1. The summed E-state index contributed by atoms with van der Waals surface area (Å²) in [6.07, 6.45) is 10.7. The quantitative estimate of drug-likeness (QED) is 0.865. The first kappa shape index (κ1) is 15.8. The molecule has 5 heteroatoms. The molecule has 2 aromatic rings. The van der Waals surface area contributed by atoms with Gasteiger partial charge in [0, 0.05) is 38.1 Å². The van der Waals surface area contributed by atoms with E-state index in [9.17, 15) is 0 Å². The van der Waals surface area contributed by atoms with Gasteiger partial charge in [-0.2, -0.15) is 0 Å². The van der Waals surface area contributed by atoms with Crippen molar-refractivity contribution >= 4 is 0 Å². The first-order valence-electron chi connectivity index (χ1n) is 8.92. The SMILES string of the molecule is Cn1cncc1CN1CCC2(CC1)COC(Cc1ccccn1)C2. The van der Waals surface area contributed by atoms with Crippen molar-refractivity contribution < 1.29 is 4.74 Å². The van der Waals surface area contributed by atoms with Gasteiger partial charge in [0.05, 0.1) is 24.7 Å². The summed E-state index contributed by atoms with van der Waals surface area (Å²) in [5.74, 6) is 0. The molecule has 0 radical (unpaired) electrons. The average Bonchev–Trinajstić information content (AvgIpc) is 3.18. The Morgan fingerprint density at radius 1 is 1.29 bits per heavy atom. The Labute approximate surface area is 143 Å². The Morgan fingerprint density at radius 3 is 2.88 bits per heavy atom. The molecule has 2 fully saturated rings. The van der Waals surface area contributed by atoms with Crippen LogP contribution in [0, 0.1) is 5.41 Å². The second kappa shape index (κ2) is 6.65. The Bertz CT molecular complexity index is 661. The van der Waals surface area contributed by atoms with Gasteiger partial charge in [0.15, 0.2) is 0 Å². The fourth-order valence-corrected chi connectivity index (χ4v) is 4.08. The standard InChI is InChI=1S/C19H26N4O/c1-22-15-20-12-17(22)13-23-8-5-19(6-9-23)11-18(24-14-19)10-16-4-2-3-7-21-16/h2-4,7,12,15,18H,5-6,8-11,13-14H2,1H3. The summed E-state index contributed by atoms with van der Waals surface area (Å²) in [6, 6.07) is 6.13. The monoisotopic (exact) mass is 326 g/mol. The van der Waals surface area contributed by atoms with Crippen LogP contribution in [0.2, 0.25) is 0 Å². The first-order valence-corrected chi connectivity index (χ1v) is 8.92. The minimum atomic E-state index is 0.337. The van der Waals surface area contributed by atoms with Crippen molar-refractivity contribution in [1.29, 1.82) is 0 Å². The molecule has 1 unspecified atom stereocenters. The van der Waals surface area contributed by atoms with Crippen molar-refractivity contribution in [2.45, 2.75) is 38.3 Å². The van der Waals surface area contributed by atoms with Crippen LogP contribution < -0.4 is 0 Å². The number of aryl methyl sites for hydroxylation is 1. The third kappa shape index (κ3) is 3.37. The lowest BCUT2D eigenvalue weighted by atomic mass is 9.76. The lowest BCUT2D eigenvalue weighted by Gasteiger charge is -2.38. The van der Waals surface area contributed by atoms with E-state index in [0.717, 1.165) is 38.4 Å². The molecule has 4 rings (SSSR count). The molecule has 1 atom stereocenters. The Balaban J connectivity index is 1.30. The molecule has 2 aliphatic heterocycles. The molecule has 0 N–H and O–H groups in total. The summed E-state index contributed by atoms with van der Waals surface area (Å²) in [6.45, 7) is 4.24. The smallest absolute Gasteiger partial charge is 0.0945 e. The second-order valence-corrected chi connectivity index (χ2v) is 7.43. The summed E-state index contributed by atoms with van der Waals surface area (Å²) in [5, 5.41) is 0. The Kier molecular flexibility index (Phi) is 4.37. The van der Waals surface area contributed by atoms with E-state index in [4.69, 9.17) is 4.74 Å². The lowest BCUT2D eigenvalue weighted by molar-refractivity contribution is 0.0624. The van der Waals surface area contributed by atoms with Crippen LogP contribution in [-0.4, -0.2) is 45.2 Å². The van der Waals surface area contributed by atoms with Crippen LogP contribution in [0.15, 0.2) is 36.9 Å². The zero-order valence-corrected chi connectivity index (χ0v) is 14.4. The Morgan fingerprint density at radius 2 is 2.17 bits per heavy atom. The zero-order valence-electron chi connectivity index (χ0n) is 14.4. The molecule has 2 aromatic heterocycles. The normalized spacial score (nSPS) is 23.8. The molecule has 0 aliphatic carbocycles. The molecule has 0 aromatic carbocycles. The minimum absolute atomic E-state index is 0.337. The topological polar surface area (TPSA) is 43.2 Å². The molecule has 1 spiro atoms. The third-order valence-electron chi connectivity index (χ3n) is 5.67. The van der Waals surface area contributed by atoms with Gasteiger partial charge in [-0.15, -0.1) is 0 Å². The highest BCUT2D eigenvalue weighted by Crippen LogP contribution is 2.42. The number of hydrogen-bond donors (Lipinski definition) is 0. The number of piperidine rings is 1. The van der Waals surface area contributed by atoms with E-state index < -0.39 is 0 Å². The van der Waals surface area contributed by atoms with Gasteiger partial charge < -0.3 is 9.30 Å². The molecule has 4 heterocycles. The molecule has 2 saturated heterocycles. The molecular weight excluding hydrogens is 300 g/mol. The van der Waals surface area contributed by atoms with Crippen molar-refractivity contribution in [3.63, 3.8) is 0 Å². The molecule has 0 amide bonds. The second-order valence-electron chi connectivity index (χ2n) is 7.43. The van der Waals surface area contributed by atoms with Crippen LogP contribution >= 0.6 is 0 Å². The highest BCUT2D eigenvalue weighted by Gasteiger charge is 2.42. The van der Waals surface area contributed by atoms with Crippen molar-refractivity contribution in [2.75, 3.05) is 19.7 Å². The third-order valence-corrected chi connectivity index (χ3v) is 5.67. The predicted molar refractivity (Wildman–Crippen MR) is 92.5 cm³/mol. The van der Waals surface area contributed by atoms with Gasteiger partial charge in [-0.1, -0.05) is 6.07 Å². The summed E-state index contributed by atoms with van der Waals surface area (Å²) >= 11 is 0. The van der Waals surface area contributed by atoms with E-state index >= 15 is 0 Å². The number of rotatable bonds is 4. The number of hydrogen-bond acceptors (Lipinski definition) is 4. The highest BCUT2D eigenvalue weighted by molar-refractivity contribution is 5.06. The first-order chi connectivity index (χ1) is 11.7. The summed E-state index contributed by atoms with van der Waals surface area (Å²) in [7, 11) is 2.07. The van der Waals surface area contributed by atoms with Crippen molar-refractivity contribution in [3.8, 4) is 0 Å². The molecule has 5 nitrogen and oxygen atoms in total. The van der Waals surface area contributed by atoms with Crippen molar-refractivity contribution in [2.24, 2.45) is 12.5 Å². The largest absolute Gasteiger partial charge is 0.377 e. The van der Waals surface area contributed by atoms with Crippen LogP contribution in [0.25, 0.3) is 0 Å². The van der Waals surface area contributed by atoms with E-state index in [1.165, 1.54) is 25.0 Å². The number of aromatic nitrogens is 3. The molecule has 0 saturated carbocycles. The van der Waals surface area contributed by atoms with Crippen LogP contribution in [0.5, 0.6) is 0 Å². The van der Waals surface area contributed by atoms with Gasteiger partial charge in [0.25, 0.3) is 0 Å². The molecule has 128 valence electrons. The maximum absolute atomic E-state index is 6.14. The van der Waals surface area contributed by atoms with E-state index in [-0.39, 0.29) is 0 Å². The van der Waals surface area contributed by atoms with Crippen molar-refractivity contribution in [1.82, 2.24) is 19.4 Å². The molecular formula is C19H26N4O. The molecule has 24 heavy (non-hydrogen) atoms. The lowest BCUT2D eigenvalue weighted by Crippen LogP contribution is -2.40. The summed E-state index contributed by atoms with van der Waals surface area (Å²) < 4.78 is 8.25. The van der Waals surface area contributed by atoms with E-state index in [2.05, 4.69) is 38.6 Å². The van der Waals surface area contributed by atoms with Gasteiger partial charge in [0.2, 0.25) is 0 Å². The predicted octanol–water partition coefficient (Wildman–Crippen LogP) is 2.43. The average molecular weight is 326 g/mol. The van der Waals surface area contributed by atoms with Crippen LogP contribution in [0.3, 0.4) is 0 Å². The molecule has 0 bridgehead atoms. The van der Waals surface area contributed by atoms with Crippen LogP contribution in [-0.2, 0) is 24.8 Å². The number of nitrogens with zero attached hydrogens (tertiary/aromatic N) is 4. The van der Waals surface area contributed by atoms with E-state index in [1.807, 2.05) is 24.8 Å². The summed E-state index contributed by atoms with van der Waals surface area (Å²) in [4.78, 5) is 11.2. The minimum Gasteiger partial charge on any atom is -0.377 e. The number of ether oxygens (including phenoxy) is 1. The maximum Gasteiger partial charge on any atom is 0.0945 e. The molecule has 2 aliphatic rings. The number of pyridine rings is 1. The Hall–Kier alpha value is -1.72. The maximum atomic E-state index is 6.14. The van der Waals surface area contributed by atoms with Crippen molar-refractivity contribution in [3.05, 3.63) is 48.3 Å². The zero-order chi connectivity index (χ0) is 16.4. The summed E-state index contributed by atoms with van der Waals surface area (Å²) in [5.41, 5.74) is 2.83. The van der Waals surface area contributed by atoms with Gasteiger partial charge in [-0.25, -0.2) is 4.98 Å². The van der Waals surface area contributed by atoms with Gasteiger partial charge in [-0.3, -0.25) is 9.88 Å². The van der Waals surface area contributed by atoms with Gasteiger partial charge >= 0.3 is 0 Å². The van der Waals surface area contributed by atoms with Crippen LogP contribution in [0.1, 0.15) is 30.7 Å². The fraction of sp³-hybridized carbons (Fsp3) is 0.579. The van der Waals surface area contributed by atoms with Crippen LogP contribution in [0.4, 0.5) is 0 Å².